The highest BCUT2D eigenvalue weighted by atomic mass is 32.1. The Labute approximate surface area is 156 Å². The van der Waals surface area contributed by atoms with Crippen LogP contribution in [0.25, 0.3) is 0 Å². The molecule has 0 aliphatic carbocycles. The van der Waals surface area contributed by atoms with E-state index in [4.69, 9.17) is 14.6 Å². The van der Waals surface area contributed by atoms with Crippen LogP contribution in [-0.4, -0.2) is 51.9 Å². The molecule has 2 aromatic rings. The second-order valence-corrected chi connectivity index (χ2v) is 7.54. The van der Waals surface area contributed by atoms with Gasteiger partial charge in [-0.2, -0.15) is 13.2 Å². The molecule has 1 aliphatic heterocycles. The molecular weight excluding hydrogens is 391 g/mol. The Morgan fingerprint density at radius 2 is 2.04 bits per heavy atom. The predicted octanol–water partition coefficient (Wildman–Crippen LogP) is 3.42. The summed E-state index contributed by atoms with van der Waals surface area (Å²) in [5, 5.41) is 13.7. The van der Waals surface area contributed by atoms with E-state index in [1.165, 1.54) is 5.01 Å². The van der Waals surface area contributed by atoms with Crippen LogP contribution in [0.1, 0.15) is 27.4 Å². The first kappa shape index (κ1) is 20.7. The highest BCUT2D eigenvalue weighted by Gasteiger charge is 2.38. The van der Waals surface area contributed by atoms with Crippen LogP contribution in [0.15, 0.2) is 10.8 Å². The molecule has 3 heterocycles. The van der Waals surface area contributed by atoms with Gasteiger partial charge >= 0.3 is 12.1 Å². The SMILES string of the molecule is Cc1csc(CN2CCOCC2c2csc(C)n2)n1.O=C(O)C(F)(F)F. The van der Waals surface area contributed by atoms with Crippen LogP contribution in [0.4, 0.5) is 13.2 Å². The molecule has 3 rings (SSSR count). The molecule has 1 aliphatic rings. The maximum atomic E-state index is 10.6. The molecule has 1 N–H and O–H groups in total. The lowest BCUT2D eigenvalue weighted by Crippen LogP contribution is -2.39. The number of halogens is 3. The van der Waals surface area contributed by atoms with Crippen molar-refractivity contribution in [3.05, 3.63) is 32.2 Å². The van der Waals surface area contributed by atoms with Crippen LogP contribution in [-0.2, 0) is 16.1 Å². The molecule has 1 fully saturated rings. The lowest BCUT2D eigenvalue weighted by Gasteiger charge is -2.33. The Morgan fingerprint density at radius 1 is 1.35 bits per heavy atom. The third-order valence-corrected chi connectivity index (χ3v) is 5.21. The quantitative estimate of drug-likeness (QED) is 0.837. The van der Waals surface area contributed by atoms with Crippen molar-refractivity contribution < 1.29 is 27.8 Å². The average Bonchev–Trinajstić information content (AvgIpc) is 3.16. The van der Waals surface area contributed by atoms with Gasteiger partial charge in [0.25, 0.3) is 0 Å². The number of hydrogen-bond acceptors (Lipinski definition) is 7. The van der Waals surface area contributed by atoms with E-state index < -0.39 is 12.1 Å². The van der Waals surface area contributed by atoms with Gasteiger partial charge in [0, 0.05) is 23.0 Å². The number of aromatic nitrogens is 2. The third-order valence-electron chi connectivity index (χ3n) is 3.46. The molecule has 1 atom stereocenters. The van der Waals surface area contributed by atoms with Crippen LogP contribution in [0.5, 0.6) is 0 Å². The number of carbonyl (C=O) groups is 1. The van der Waals surface area contributed by atoms with Crippen molar-refractivity contribution in [2.75, 3.05) is 19.8 Å². The number of rotatable bonds is 3. The van der Waals surface area contributed by atoms with Gasteiger partial charge in [-0.25, -0.2) is 14.8 Å². The van der Waals surface area contributed by atoms with Crippen molar-refractivity contribution in [3.8, 4) is 0 Å². The van der Waals surface area contributed by atoms with Crippen LogP contribution in [0.2, 0.25) is 0 Å². The molecular formula is C15H18F3N3O3S2. The summed E-state index contributed by atoms with van der Waals surface area (Å²) in [6.45, 7) is 7.45. The molecule has 0 bridgehead atoms. The summed E-state index contributed by atoms with van der Waals surface area (Å²) in [7, 11) is 0. The summed E-state index contributed by atoms with van der Waals surface area (Å²) in [5.41, 5.74) is 2.24. The zero-order valence-electron chi connectivity index (χ0n) is 14.1. The Morgan fingerprint density at radius 3 is 2.54 bits per heavy atom. The summed E-state index contributed by atoms with van der Waals surface area (Å²) in [4.78, 5) is 20.5. The Hall–Kier alpha value is -1.56. The van der Waals surface area contributed by atoms with Crippen LogP contribution in [0.3, 0.4) is 0 Å². The maximum Gasteiger partial charge on any atom is 0.490 e. The minimum absolute atomic E-state index is 0.267. The zero-order chi connectivity index (χ0) is 19.3. The summed E-state index contributed by atoms with van der Waals surface area (Å²) in [6.07, 6.45) is -5.08. The lowest BCUT2D eigenvalue weighted by atomic mass is 10.2. The average molecular weight is 409 g/mol. The van der Waals surface area contributed by atoms with E-state index >= 15 is 0 Å². The number of aliphatic carboxylic acids is 1. The summed E-state index contributed by atoms with van der Waals surface area (Å²) < 4.78 is 37.4. The van der Waals surface area contributed by atoms with E-state index in [1.54, 1.807) is 22.7 Å². The van der Waals surface area contributed by atoms with Crippen LogP contribution < -0.4 is 0 Å². The molecule has 0 amide bonds. The van der Waals surface area contributed by atoms with Crippen molar-refractivity contribution in [1.29, 1.82) is 0 Å². The molecule has 11 heteroatoms. The van der Waals surface area contributed by atoms with Crippen LogP contribution in [0, 0.1) is 13.8 Å². The van der Waals surface area contributed by atoms with Crippen molar-refractivity contribution in [1.82, 2.24) is 14.9 Å². The van der Waals surface area contributed by atoms with Gasteiger partial charge < -0.3 is 9.84 Å². The van der Waals surface area contributed by atoms with Gasteiger partial charge in [0.05, 0.1) is 36.5 Å². The van der Waals surface area contributed by atoms with Gasteiger partial charge in [-0.3, -0.25) is 4.90 Å². The van der Waals surface area contributed by atoms with Gasteiger partial charge in [-0.15, -0.1) is 22.7 Å². The minimum Gasteiger partial charge on any atom is -0.475 e. The standard InChI is InChI=1S/C13H17N3OS2.C2HF3O2/c1-9-7-19-13(14-9)5-16-3-4-17-6-12(16)11-8-18-10(2)15-11;3-2(4,5)1(6)7/h7-8,12H,3-6H2,1-2H3;(H,6,7). The van der Waals surface area contributed by atoms with Gasteiger partial charge in [-0.1, -0.05) is 0 Å². The number of aryl methyl sites for hydroxylation is 2. The van der Waals surface area contributed by atoms with E-state index in [1.807, 2.05) is 13.8 Å². The third kappa shape index (κ3) is 6.01. The number of hydrogen-bond donors (Lipinski definition) is 1. The second kappa shape index (κ2) is 8.89. The second-order valence-electron chi connectivity index (χ2n) is 5.54. The lowest BCUT2D eigenvalue weighted by molar-refractivity contribution is -0.192. The Bertz CT molecular complexity index is 733. The first-order chi connectivity index (χ1) is 12.2. The van der Waals surface area contributed by atoms with Crippen molar-refractivity contribution >= 4 is 28.6 Å². The van der Waals surface area contributed by atoms with Crippen molar-refractivity contribution in [2.45, 2.75) is 32.6 Å². The molecule has 26 heavy (non-hydrogen) atoms. The number of thiazole rings is 2. The van der Waals surface area contributed by atoms with E-state index in [9.17, 15) is 13.2 Å². The van der Waals surface area contributed by atoms with Gasteiger partial charge in [0.1, 0.15) is 5.01 Å². The zero-order valence-corrected chi connectivity index (χ0v) is 15.7. The van der Waals surface area contributed by atoms with Crippen molar-refractivity contribution in [2.24, 2.45) is 0 Å². The highest BCUT2D eigenvalue weighted by molar-refractivity contribution is 7.09. The number of nitrogens with zero attached hydrogens (tertiary/aromatic N) is 3. The predicted molar refractivity (Wildman–Crippen MR) is 91.4 cm³/mol. The Balaban J connectivity index is 0.000000298. The maximum absolute atomic E-state index is 10.6. The summed E-state index contributed by atoms with van der Waals surface area (Å²) in [6, 6.07) is 0.267. The fourth-order valence-corrected chi connectivity index (χ4v) is 3.74. The topological polar surface area (TPSA) is 75.5 Å². The highest BCUT2D eigenvalue weighted by Crippen LogP contribution is 2.27. The molecule has 1 saturated heterocycles. The molecule has 0 saturated carbocycles. The number of carboxylic acids is 1. The molecule has 1 unspecified atom stereocenters. The van der Waals surface area contributed by atoms with E-state index in [2.05, 4.69) is 25.6 Å². The number of morpholine rings is 1. The normalized spacial score (nSPS) is 18.3. The molecule has 2 aromatic heterocycles. The minimum atomic E-state index is -5.08. The fraction of sp³-hybridized carbons (Fsp3) is 0.533. The fourth-order valence-electron chi connectivity index (χ4n) is 2.28. The van der Waals surface area contributed by atoms with Crippen molar-refractivity contribution in [3.63, 3.8) is 0 Å². The first-order valence-electron chi connectivity index (χ1n) is 7.61. The van der Waals surface area contributed by atoms with Crippen LogP contribution >= 0.6 is 22.7 Å². The smallest absolute Gasteiger partial charge is 0.475 e. The number of ether oxygens (including phenoxy) is 1. The van der Waals surface area contributed by atoms with Gasteiger partial charge in [0.15, 0.2) is 0 Å². The summed E-state index contributed by atoms with van der Waals surface area (Å²) in [5.74, 6) is -2.76. The molecule has 0 spiro atoms. The number of carboxylic acid groups (broad SMARTS) is 1. The first-order valence-corrected chi connectivity index (χ1v) is 9.37. The Kier molecular flexibility index (Phi) is 7.09. The molecule has 0 radical (unpaired) electrons. The monoisotopic (exact) mass is 409 g/mol. The van der Waals surface area contributed by atoms with E-state index in [0.29, 0.717) is 0 Å². The summed E-state index contributed by atoms with van der Waals surface area (Å²) >= 11 is 3.44. The van der Waals surface area contributed by atoms with E-state index in [-0.39, 0.29) is 6.04 Å². The molecule has 0 aromatic carbocycles. The molecule has 6 nitrogen and oxygen atoms in total. The van der Waals surface area contributed by atoms with E-state index in [0.717, 1.165) is 42.7 Å². The largest absolute Gasteiger partial charge is 0.490 e. The number of alkyl halides is 3. The van der Waals surface area contributed by atoms with Gasteiger partial charge in [-0.05, 0) is 13.8 Å². The van der Waals surface area contributed by atoms with Gasteiger partial charge in [0.2, 0.25) is 0 Å². The molecule has 144 valence electrons.